The maximum atomic E-state index is 12.1. The molecule has 4 rings (SSSR count). The van der Waals surface area contributed by atoms with Crippen LogP contribution in [0.2, 0.25) is 0 Å². The zero-order valence-electron chi connectivity index (χ0n) is 13.6. The van der Waals surface area contributed by atoms with Crippen molar-refractivity contribution in [3.05, 3.63) is 81.3 Å². The van der Waals surface area contributed by atoms with E-state index in [-0.39, 0.29) is 5.56 Å². The molecule has 0 atom stereocenters. The van der Waals surface area contributed by atoms with E-state index in [0.29, 0.717) is 4.60 Å². The fraction of sp³-hybridized carbons (Fsp3) is 0.105. The van der Waals surface area contributed by atoms with Crippen LogP contribution >= 0.6 is 15.9 Å². The number of benzene rings is 2. The molecule has 6 heteroatoms. The molecule has 0 aliphatic heterocycles. The van der Waals surface area contributed by atoms with Crippen molar-refractivity contribution >= 4 is 27.0 Å². The number of hydrogen-bond acceptors (Lipinski definition) is 3. The van der Waals surface area contributed by atoms with E-state index in [9.17, 15) is 4.79 Å². The zero-order chi connectivity index (χ0) is 17.4. The smallest absolute Gasteiger partial charge is 0.283 e. The molecule has 2 aromatic carbocycles. The van der Waals surface area contributed by atoms with Crippen LogP contribution in [0.4, 0.5) is 0 Å². The normalized spacial score (nSPS) is 11.1. The van der Waals surface area contributed by atoms with Gasteiger partial charge < -0.3 is 4.57 Å². The Hall–Kier alpha value is -2.73. The summed E-state index contributed by atoms with van der Waals surface area (Å²) >= 11 is 3.21. The minimum Gasteiger partial charge on any atom is -0.307 e. The van der Waals surface area contributed by atoms with Crippen LogP contribution in [-0.4, -0.2) is 19.3 Å². The molecule has 0 amide bonds. The van der Waals surface area contributed by atoms with Crippen molar-refractivity contribution < 1.29 is 0 Å². The first kappa shape index (κ1) is 15.8. The van der Waals surface area contributed by atoms with Crippen molar-refractivity contribution in [3.8, 4) is 11.3 Å². The number of halogens is 1. The van der Waals surface area contributed by atoms with Gasteiger partial charge in [-0.3, -0.25) is 9.48 Å². The number of aromatic nitrogens is 4. The molecule has 0 aliphatic rings. The molecule has 0 fully saturated rings. The number of nitrogens with zero attached hydrogens (tertiary/aromatic N) is 4. The summed E-state index contributed by atoms with van der Waals surface area (Å²) in [4.78, 5) is 16.4. The summed E-state index contributed by atoms with van der Waals surface area (Å²) in [5.41, 5.74) is 4.42. The Labute approximate surface area is 152 Å². The van der Waals surface area contributed by atoms with Crippen LogP contribution in [0.25, 0.3) is 22.3 Å². The molecule has 2 aromatic heterocycles. The van der Waals surface area contributed by atoms with Gasteiger partial charge in [-0.2, -0.15) is 5.10 Å². The Morgan fingerprint density at radius 3 is 2.68 bits per heavy atom. The summed E-state index contributed by atoms with van der Waals surface area (Å²) in [6.45, 7) is 0.724. The molecule has 124 valence electrons. The highest BCUT2D eigenvalue weighted by Crippen LogP contribution is 2.22. The van der Waals surface area contributed by atoms with Gasteiger partial charge in [0, 0.05) is 18.8 Å². The van der Waals surface area contributed by atoms with Gasteiger partial charge in [0.1, 0.15) is 0 Å². The van der Waals surface area contributed by atoms with Crippen LogP contribution in [0.15, 0.2) is 70.2 Å². The van der Waals surface area contributed by atoms with Gasteiger partial charge in [0.15, 0.2) is 4.60 Å². The first-order chi connectivity index (χ1) is 12.1. The summed E-state index contributed by atoms with van der Waals surface area (Å²) in [6, 6.07) is 18.0. The topological polar surface area (TPSA) is 52.7 Å². The summed E-state index contributed by atoms with van der Waals surface area (Å²) in [5, 5.41) is 4.65. The summed E-state index contributed by atoms with van der Waals surface area (Å²) in [7, 11) is 1.74. The van der Waals surface area contributed by atoms with E-state index < -0.39 is 0 Å². The van der Waals surface area contributed by atoms with Gasteiger partial charge in [0.25, 0.3) is 5.56 Å². The Morgan fingerprint density at radius 1 is 1.08 bits per heavy atom. The molecular formula is C19H15BrN4O. The van der Waals surface area contributed by atoms with Crippen LogP contribution in [0.5, 0.6) is 0 Å². The van der Waals surface area contributed by atoms with Gasteiger partial charge in [-0.1, -0.05) is 36.4 Å². The van der Waals surface area contributed by atoms with Crippen LogP contribution in [0.1, 0.15) is 5.56 Å². The maximum absolute atomic E-state index is 12.1. The highest BCUT2D eigenvalue weighted by molar-refractivity contribution is 9.10. The minimum atomic E-state index is -0.153. The van der Waals surface area contributed by atoms with Gasteiger partial charge in [0.05, 0.1) is 23.3 Å². The first-order valence-electron chi connectivity index (χ1n) is 7.86. The molecule has 0 bridgehead atoms. The van der Waals surface area contributed by atoms with Crippen LogP contribution < -0.4 is 5.56 Å². The fourth-order valence-corrected chi connectivity index (χ4v) is 3.28. The molecular weight excluding hydrogens is 380 g/mol. The lowest BCUT2D eigenvalue weighted by atomic mass is 10.1. The quantitative estimate of drug-likeness (QED) is 0.533. The van der Waals surface area contributed by atoms with E-state index in [2.05, 4.69) is 38.1 Å². The van der Waals surface area contributed by atoms with Gasteiger partial charge >= 0.3 is 0 Å². The number of hydrogen-bond donors (Lipinski definition) is 0. The van der Waals surface area contributed by atoms with Crippen LogP contribution in [-0.2, 0) is 13.6 Å². The molecule has 0 unspecified atom stereocenters. The zero-order valence-corrected chi connectivity index (χ0v) is 15.1. The SMILES string of the molecule is Cn1c(=O)c(Br)nc2ccc(-c3ccn(Cc4ccccc4)n3)cc21. The Kier molecular flexibility index (Phi) is 3.97. The second-order valence-electron chi connectivity index (χ2n) is 5.85. The van der Waals surface area contributed by atoms with E-state index in [4.69, 9.17) is 0 Å². The molecule has 25 heavy (non-hydrogen) atoms. The van der Waals surface area contributed by atoms with Gasteiger partial charge in [-0.05, 0) is 39.7 Å². The molecule has 0 aliphatic carbocycles. The van der Waals surface area contributed by atoms with E-state index in [1.807, 2.05) is 53.3 Å². The molecule has 5 nitrogen and oxygen atoms in total. The Morgan fingerprint density at radius 2 is 1.88 bits per heavy atom. The number of rotatable bonds is 3. The van der Waals surface area contributed by atoms with Crippen LogP contribution in [0, 0.1) is 0 Å². The number of aryl methyl sites for hydroxylation is 1. The van der Waals surface area contributed by atoms with Crippen molar-refractivity contribution in [1.82, 2.24) is 19.3 Å². The molecule has 0 radical (unpaired) electrons. The minimum absolute atomic E-state index is 0.153. The van der Waals surface area contributed by atoms with Crippen molar-refractivity contribution in [2.24, 2.45) is 7.05 Å². The van der Waals surface area contributed by atoms with E-state index in [1.54, 1.807) is 11.6 Å². The van der Waals surface area contributed by atoms with E-state index in [1.165, 1.54) is 5.56 Å². The molecule has 0 N–H and O–H groups in total. The van der Waals surface area contributed by atoms with Gasteiger partial charge in [0.2, 0.25) is 0 Å². The van der Waals surface area contributed by atoms with Gasteiger partial charge in [-0.15, -0.1) is 0 Å². The Bertz CT molecular complexity index is 1120. The second-order valence-corrected chi connectivity index (χ2v) is 6.61. The van der Waals surface area contributed by atoms with Crippen LogP contribution in [0.3, 0.4) is 0 Å². The molecule has 4 aromatic rings. The summed E-state index contributed by atoms with van der Waals surface area (Å²) < 4.78 is 3.83. The highest BCUT2D eigenvalue weighted by Gasteiger charge is 2.09. The third-order valence-corrected chi connectivity index (χ3v) is 4.68. The predicted octanol–water partition coefficient (Wildman–Crippen LogP) is 3.61. The van der Waals surface area contributed by atoms with Crippen molar-refractivity contribution in [1.29, 1.82) is 0 Å². The standard InChI is InChI=1S/C19H15BrN4O/c1-23-17-11-14(7-8-16(17)21-18(20)19(23)25)15-9-10-24(22-15)12-13-5-3-2-4-6-13/h2-11H,12H2,1H3. The molecule has 0 spiro atoms. The lowest BCUT2D eigenvalue weighted by Crippen LogP contribution is -2.19. The third-order valence-electron chi connectivity index (χ3n) is 4.16. The van der Waals surface area contributed by atoms with Gasteiger partial charge in [-0.25, -0.2) is 4.98 Å². The fourth-order valence-electron chi connectivity index (χ4n) is 2.82. The first-order valence-corrected chi connectivity index (χ1v) is 8.65. The molecule has 0 saturated carbocycles. The average molecular weight is 395 g/mol. The van der Waals surface area contributed by atoms with E-state index in [0.717, 1.165) is 28.8 Å². The van der Waals surface area contributed by atoms with E-state index >= 15 is 0 Å². The third kappa shape index (κ3) is 3.00. The average Bonchev–Trinajstić information content (AvgIpc) is 3.09. The summed E-state index contributed by atoms with van der Waals surface area (Å²) in [6.07, 6.45) is 1.96. The molecule has 2 heterocycles. The molecule has 0 saturated heterocycles. The summed E-state index contributed by atoms with van der Waals surface area (Å²) in [5.74, 6) is 0. The monoisotopic (exact) mass is 394 g/mol. The highest BCUT2D eigenvalue weighted by atomic mass is 79.9. The van der Waals surface area contributed by atoms with Crippen molar-refractivity contribution in [2.75, 3.05) is 0 Å². The second kappa shape index (κ2) is 6.29. The Balaban J connectivity index is 1.72. The maximum Gasteiger partial charge on any atom is 0.283 e. The predicted molar refractivity (Wildman–Crippen MR) is 101 cm³/mol. The van der Waals surface area contributed by atoms with Crippen molar-refractivity contribution in [2.45, 2.75) is 6.54 Å². The lowest BCUT2D eigenvalue weighted by molar-refractivity contribution is 0.689. The number of fused-ring (bicyclic) bond motifs is 1. The van der Waals surface area contributed by atoms with Crippen molar-refractivity contribution in [3.63, 3.8) is 0 Å². The lowest BCUT2D eigenvalue weighted by Gasteiger charge is -2.06. The largest absolute Gasteiger partial charge is 0.307 e.